The molecule has 0 aliphatic rings. The number of methoxy groups -OCH3 is 1. The van der Waals surface area contributed by atoms with Crippen LogP contribution in [0.1, 0.15) is 0 Å². The highest BCUT2D eigenvalue weighted by molar-refractivity contribution is 7.98. The van der Waals surface area contributed by atoms with E-state index in [9.17, 15) is 0 Å². The minimum atomic E-state index is 0.368. The zero-order valence-corrected chi connectivity index (χ0v) is 10.2. The molecule has 0 aliphatic heterocycles. The number of rotatable bonds is 4. The summed E-state index contributed by atoms with van der Waals surface area (Å²) in [7, 11) is 1.63. The molecule has 0 saturated carbocycles. The van der Waals surface area contributed by atoms with E-state index in [1.807, 2.05) is 30.5 Å². The molecule has 1 aromatic carbocycles. The lowest BCUT2D eigenvalue weighted by Crippen LogP contribution is -2.02. The van der Waals surface area contributed by atoms with Crippen molar-refractivity contribution in [2.75, 3.05) is 18.7 Å². The summed E-state index contributed by atoms with van der Waals surface area (Å²) in [6.45, 7) is 0. The van der Waals surface area contributed by atoms with Gasteiger partial charge in [0.2, 0.25) is 5.16 Å². The summed E-state index contributed by atoms with van der Waals surface area (Å²) < 4.78 is 5.06. The fourth-order valence-corrected chi connectivity index (χ4v) is 1.40. The van der Waals surface area contributed by atoms with Gasteiger partial charge in [-0.05, 0) is 30.5 Å². The average Bonchev–Trinajstić information content (AvgIpc) is 2.40. The van der Waals surface area contributed by atoms with Gasteiger partial charge in [0.1, 0.15) is 5.75 Å². The molecule has 0 saturated heterocycles. The van der Waals surface area contributed by atoms with E-state index in [0.717, 1.165) is 11.4 Å². The van der Waals surface area contributed by atoms with Gasteiger partial charge in [-0.25, -0.2) is 0 Å². The lowest BCUT2D eigenvalue weighted by Gasteiger charge is -2.04. The maximum absolute atomic E-state index is 5.06. The van der Waals surface area contributed by atoms with Crippen LogP contribution in [0.25, 0.3) is 0 Å². The van der Waals surface area contributed by atoms with E-state index in [0.29, 0.717) is 11.1 Å². The SMILES string of the molecule is COc1ccc(Nc2nnc(SC)nn2)cc1. The van der Waals surface area contributed by atoms with Crippen LogP contribution >= 0.6 is 11.8 Å². The van der Waals surface area contributed by atoms with Crippen molar-refractivity contribution in [3.05, 3.63) is 24.3 Å². The van der Waals surface area contributed by atoms with Gasteiger partial charge >= 0.3 is 0 Å². The smallest absolute Gasteiger partial charge is 0.266 e. The van der Waals surface area contributed by atoms with E-state index in [-0.39, 0.29) is 0 Å². The van der Waals surface area contributed by atoms with Crippen molar-refractivity contribution in [1.82, 2.24) is 20.4 Å². The Balaban J connectivity index is 2.08. The molecule has 2 rings (SSSR count). The lowest BCUT2D eigenvalue weighted by molar-refractivity contribution is 0.415. The van der Waals surface area contributed by atoms with Crippen LogP contribution in [0.15, 0.2) is 29.4 Å². The molecule has 1 aromatic heterocycles. The molecule has 7 heteroatoms. The monoisotopic (exact) mass is 249 g/mol. The summed E-state index contributed by atoms with van der Waals surface area (Å²) in [5.41, 5.74) is 0.853. The second kappa shape index (κ2) is 5.44. The number of aromatic nitrogens is 4. The molecular formula is C10H11N5OS. The van der Waals surface area contributed by atoms with Crippen LogP contribution < -0.4 is 10.1 Å². The van der Waals surface area contributed by atoms with E-state index < -0.39 is 0 Å². The van der Waals surface area contributed by atoms with Gasteiger partial charge in [-0.2, -0.15) is 0 Å². The van der Waals surface area contributed by atoms with Crippen LogP contribution in [-0.2, 0) is 0 Å². The number of anilines is 2. The van der Waals surface area contributed by atoms with Gasteiger partial charge in [-0.3, -0.25) is 0 Å². The van der Waals surface area contributed by atoms with Crippen LogP contribution in [0.5, 0.6) is 5.75 Å². The van der Waals surface area contributed by atoms with Gasteiger partial charge < -0.3 is 10.1 Å². The van der Waals surface area contributed by atoms with Crippen LogP contribution in [0.3, 0.4) is 0 Å². The minimum Gasteiger partial charge on any atom is -0.497 e. The van der Waals surface area contributed by atoms with E-state index >= 15 is 0 Å². The molecule has 0 amide bonds. The summed E-state index contributed by atoms with van der Waals surface area (Å²) in [6.07, 6.45) is 1.87. The molecule has 0 fully saturated rings. The third-order valence-corrected chi connectivity index (χ3v) is 2.52. The second-order valence-electron chi connectivity index (χ2n) is 3.06. The predicted octanol–water partition coefficient (Wildman–Crippen LogP) is 1.74. The molecule has 17 heavy (non-hydrogen) atoms. The Morgan fingerprint density at radius 3 is 2.24 bits per heavy atom. The van der Waals surface area contributed by atoms with Crippen molar-refractivity contribution >= 4 is 23.4 Å². The fraction of sp³-hybridized carbons (Fsp3) is 0.200. The first-order valence-electron chi connectivity index (χ1n) is 4.84. The highest BCUT2D eigenvalue weighted by atomic mass is 32.2. The van der Waals surface area contributed by atoms with Crippen molar-refractivity contribution in [3.8, 4) is 5.75 Å². The maximum Gasteiger partial charge on any atom is 0.266 e. The zero-order valence-electron chi connectivity index (χ0n) is 9.41. The number of benzene rings is 1. The maximum atomic E-state index is 5.06. The molecule has 6 nitrogen and oxygen atoms in total. The Bertz CT molecular complexity index is 428. The highest BCUT2D eigenvalue weighted by Gasteiger charge is 2.00. The predicted molar refractivity (Wildman–Crippen MR) is 65.7 cm³/mol. The van der Waals surface area contributed by atoms with E-state index in [1.165, 1.54) is 11.8 Å². The zero-order chi connectivity index (χ0) is 12.1. The molecular weight excluding hydrogens is 238 g/mol. The Hall–Kier alpha value is -1.89. The van der Waals surface area contributed by atoms with Crippen LogP contribution in [0.4, 0.5) is 11.6 Å². The fourth-order valence-electron chi connectivity index (χ4n) is 1.16. The molecule has 0 spiro atoms. The molecule has 1 N–H and O–H groups in total. The molecule has 88 valence electrons. The summed E-state index contributed by atoms with van der Waals surface area (Å²) >= 11 is 1.40. The van der Waals surface area contributed by atoms with Crippen molar-refractivity contribution in [1.29, 1.82) is 0 Å². The van der Waals surface area contributed by atoms with E-state index in [1.54, 1.807) is 7.11 Å². The molecule has 2 aromatic rings. The Labute approximate surface area is 103 Å². The first-order chi connectivity index (χ1) is 8.31. The number of nitrogens with zero attached hydrogens (tertiary/aromatic N) is 4. The van der Waals surface area contributed by atoms with Crippen molar-refractivity contribution in [2.45, 2.75) is 5.16 Å². The standard InChI is InChI=1S/C10H11N5OS/c1-16-8-5-3-7(4-6-8)11-9-12-14-10(17-2)15-13-9/h3-6H,1-2H3,(H,11,12,13). The van der Waals surface area contributed by atoms with Crippen LogP contribution in [0.2, 0.25) is 0 Å². The third-order valence-electron chi connectivity index (χ3n) is 1.99. The first-order valence-corrected chi connectivity index (χ1v) is 6.07. The number of hydrogen-bond donors (Lipinski definition) is 1. The third kappa shape index (κ3) is 3.04. The lowest BCUT2D eigenvalue weighted by atomic mass is 10.3. The minimum absolute atomic E-state index is 0.368. The van der Waals surface area contributed by atoms with Gasteiger partial charge in [0.25, 0.3) is 5.95 Å². The quantitative estimate of drug-likeness (QED) is 0.827. The highest BCUT2D eigenvalue weighted by Crippen LogP contribution is 2.17. The molecule has 0 bridgehead atoms. The van der Waals surface area contributed by atoms with E-state index in [4.69, 9.17) is 4.74 Å². The van der Waals surface area contributed by atoms with Gasteiger partial charge in [-0.15, -0.1) is 20.4 Å². The van der Waals surface area contributed by atoms with Gasteiger partial charge in [0, 0.05) is 5.69 Å². The Morgan fingerprint density at radius 1 is 1.06 bits per heavy atom. The first kappa shape index (κ1) is 11.6. The van der Waals surface area contributed by atoms with Crippen molar-refractivity contribution in [2.24, 2.45) is 0 Å². The van der Waals surface area contributed by atoms with E-state index in [2.05, 4.69) is 25.7 Å². The van der Waals surface area contributed by atoms with Crippen LogP contribution in [0, 0.1) is 0 Å². The number of nitrogens with one attached hydrogen (secondary N) is 1. The second-order valence-corrected chi connectivity index (χ2v) is 3.84. The summed E-state index contributed by atoms with van der Waals surface area (Å²) in [4.78, 5) is 0. The number of hydrogen-bond acceptors (Lipinski definition) is 7. The number of thioether (sulfide) groups is 1. The van der Waals surface area contributed by atoms with Crippen LogP contribution in [-0.4, -0.2) is 33.8 Å². The topological polar surface area (TPSA) is 72.8 Å². The molecule has 0 atom stereocenters. The van der Waals surface area contributed by atoms with Crippen molar-refractivity contribution in [3.63, 3.8) is 0 Å². The largest absolute Gasteiger partial charge is 0.497 e. The van der Waals surface area contributed by atoms with Gasteiger partial charge in [0.15, 0.2) is 0 Å². The molecule has 0 aliphatic carbocycles. The molecule has 0 radical (unpaired) electrons. The normalized spacial score (nSPS) is 10.0. The number of ether oxygens (including phenoxy) is 1. The summed E-state index contributed by atoms with van der Waals surface area (Å²) in [5.74, 6) is 1.17. The summed E-state index contributed by atoms with van der Waals surface area (Å²) in [5, 5.41) is 19.1. The average molecular weight is 249 g/mol. The summed E-state index contributed by atoms with van der Waals surface area (Å²) in [6, 6.07) is 7.42. The van der Waals surface area contributed by atoms with Gasteiger partial charge in [0.05, 0.1) is 7.11 Å². The Morgan fingerprint density at radius 2 is 1.71 bits per heavy atom. The molecule has 0 unspecified atom stereocenters. The van der Waals surface area contributed by atoms with Crippen molar-refractivity contribution < 1.29 is 4.74 Å². The van der Waals surface area contributed by atoms with Gasteiger partial charge in [-0.1, -0.05) is 11.8 Å². The Kier molecular flexibility index (Phi) is 3.71. The molecule has 1 heterocycles.